The first-order valence-electron chi connectivity index (χ1n) is 8.34. The van der Waals surface area contributed by atoms with E-state index >= 15 is 0 Å². The summed E-state index contributed by atoms with van der Waals surface area (Å²) in [7, 11) is 1.69. The van der Waals surface area contributed by atoms with Crippen LogP contribution >= 0.6 is 24.0 Å². The number of hydrogen-bond donors (Lipinski definition) is 2. The maximum Gasteiger partial charge on any atom is 0.188 e. The lowest BCUT2D eigenvalue weighted by Crippen LogP contribution is -2.44. The van der Waals surface area contributed by atoms with Crippen molar-refractivity contribution in [3.8, 4) is 0 Å². The molecule has 0 spiro atoms. The molecule has 1 aliphatic heterocycles. The van der Waals surface area contributed by atoms with Gasteiger partial charge in [-0.05, 0) is 38.8 Å². The highest BCUT2D eigenvalue weighted by Gasteiger charge is 2.22. The Hall–Kier alpha value is -0.0800. The molecule has 1 saturated heterocycles. The van der Waals surface area contributed by atoms with Crippen molar-refractivity contribution >= 4 is 29.9 Å². The first-order valence-corrected chi connectivity index (χ1v) is 8.34. The summed E-state index contributed by atoms with van der Waals surface area (Å²) in [5.41, 5.74) is 5.98. The second-order valence-electron chi connectivity index (χ2n) is 6.49. The zero-order chi connectivity index (χ0) is 15.7. The number of nitrogens with one attached hydrogen (secondary N) is 1. The number of nitrogens with zero attached hydrogens (tertiary/aromatic N) is 2. The minimum absolute atomic E-state index is 0. The number of likely N-dealkylation sites (tertiary alicyclic amines) is 1. The van der Waals surface area contributed by atoms with Crippen molar-refractivity contribution in [1.29, 1.82) is 0 Å². The van der Waals surface area contributed by atoms with Crippen molar-refractivity contribution in [1.82, 2.24) is 10.2 Å². The molecule has 1 rings (SSSR count). The second-order valence-corrected chi connectivity index (χ2v) is 6.49. The average molecular weight is 426 g/mol. The van der Waals surface area contributed by atoms with E-state index in [0.29, 0.717) is 24.5 Å². The van der Waals surface area contributed by atoms with Gasteiger partial charge in [0.1, 0.15) is 0 Å². The van der Waals surface area contributed by atoms with Gasteiger partial charge in [0.15, 0.2) is 5.96 Å². The summed E-state index contributed by atoms with van der Waals surface area (Å²) in [5, 5.41) is 3.17. The van der Waals surface area contributed by atoms with Crippen molar-refractivity contribution in [2.75, 3.05) is 33.4 Å². The number of guanidine groups is 1. The van der Waals surface area contributed by atoms with E-state index in [-0.39, 0.29) is 30.0 Å². The molecule has 22 heavy (non-hydrogen) atoms. The van der Waals surface area contributed by atoms with Crippen molar-refractivity contribution in [3.63, 3.8) is 0 Å². The normalized spacial score (nSPS) is 20.1. The molecule has 1 aliphatic rings. The molecule has 1 fully saturated rings. The standard InChI is InChI=1S/C16H34N4O.HI/c1-13(2)15(20-9-7-5-6-8-10-20)11-18-16(17)19-14(3)12-21-4;/h13-15H,5-12H2,1-4H3,(H3,17,18,19);1H. The number of rotatable bonds is 7. The van der Waals surface area contributed by atoms with Gasteiger partial charge in [0.25, 0.3) is 0 Å². The van der Waals surface area contributed by atoms with Crippen molar-refractivity contribution in [3.05, 3.63) is 0 Å². The van der Waals surface area contributed by atoms with Gasteiger partial charge in [-0.1, -0.05) is 26.7 Å². The molecule has 0 saturated carbocycles. The van der Waals surface area contributed by atoms with Crippen LogP contribution in [0.25, 0.3) is 0 Å². The van der Waals surface area contributed by atoms with Gasteiger partial charge >= 0.3 is 0 Å². The third kappa shape index (κ3) is 8.53. The first kappa shape index (κ1) is 21.9. The van der Waals surface area contributed by atoms with Crippen molar-refractivity contribution < 1.29 is 4.74 Å². The lowest BCUT2D eigenvalue weighted by Gasteiger charge is -2.32. The number of halogens is 1. The lowest BCUT2D eigenvalue weighted by atomic mass is 10.0. The van der Waals surface area contributed by atoms with Gasteiger partial charge in [-0.25, -0.2) is 0 Å². The highest BCUT2D eigenvalue weighted by atomic mass is 127. The summed E-state index contributed by atoms with van der Waals surface area (Å²) in [6.45, 7) is 10.4. The zero-order valence-electron chi connectivity index (χ0n) is 14.7. The topological polar surface area (TPSA) is 62.9 Å². The maximum atomic E-state index is 5.98. The smallest absolute Gasteiger partial charge is 0.188 e. The summed E-state index contributed by atoms with van der Waals surface area (Å²) < 4.78 is 5.10. The van der Waals surface area contributed by atoms with Gasteiger partial charge in [-0.2, -0.15) is 0 Å². The fourth-order valence-electron chi connectivity index (χ4n) is 2.96. The molecule has 3 N–H and O–H groups in total. The molecule has 0 aliphatic carbocycles. The molecule has 0 bridgehead atoms. The van der Waals surface area contributed by atoms with Crippen LogP contribution in [-0.4, -0.2) is 56.3 Å². The Kier molecular flexibility index (Phi) is 12.3. The van der Waals surface area contributed by atoms with Gasteiger partial charge in [0.2, 0.25) is 0 Å². The van der Waals surface area contributed by atoms with Crippen molar-refractivity contribution in [2.24, 2.45) is 16.6 Å². The number of aliphatic imine (C=N–C) groups is 1. The fraction of sp³-hybridized carbons (Fsp3) is 0.938. The lowest BCUT2D eigenvalue weighted by molar-refractivity contribution is 0.165. The number of nitrogens with two attached hydrogens (primary N) is 1. The number of methoxy groups -OCH3 is 1. The van der Waals surface area contributed by atoms with Crippen LogP contribution in [0.2, 0.25) is 0 Å². The van der Waals surface area contributed by atoms with E-state index in [1.807, 2.05) is 6.92 Å². The van der Waals surface area contributed by atoms with Gasteiger partial charge < -0.3 is 15.8 Å². The monoisotopic (exact) mass is 426 g/mol. The van der Waals surface area contributed by atoms with Crippen LogP contribution < -0.4 is 11.1 Å². The molecule has 132 valence electrons. The van der Waals surface area contributed by atoms with E-state index in [9.17, 15) is 0 Å². The molecule has 6 heteroatoms. The second kappa shape index (κ2) is 12.4. The molecule has 0 aromatic carbocycles. The average Bonchev–Trinajstić information content (AvgIpc) is 2.67. The molecule has 0 aromatic rings. The Bertz CT molecular complexity index is 305. The predicted molar refractivity (Wildman–Crippen MR) is 105 cm³/mol. The van der Waals surface area contributed by atoms with Gasteiger partial charge in [-0.15, -0.1) is 24.0 Å². The first-order chi connectivity index (χ1) is 10.0. The van der Waals surface area contributed by atoms with Crippen LogP contribution in [-0.2, 0) is 4.74 Å². The van der Waals surface area contributed by atoms with Crippen LogP contribution in [0.4, 0.5) is 0 Å². The molecule has 1 heterocycles. The Morgan fingerprint density at radius 3 is 2.27 bits per heavy atom. The largest absolute Gasteiger partial charge is 0.383 e. The molecular weight excluding hydrogens is 391 g/mol. The highest BCUT2D eigenvalue weighted by molar-refractivity contribution is 14.0. The minimum atomic E-state index is 0. The number of hydrogen-bond acceptors (Lipinski definition) is 3. The van der Waals surface area contributed by atoms with Gasteiger partial charge in [0, 0.05) is 19.2 Å². The summed E-state index contributed by atoms with van der Waals surface area (Å²) in [6, 6.07) is 0.676. The van der Waals surface area contributed by atoms with E-state index < -0.39 is 0 Å². The number of ether oxygens (including phenoxy) is 1. The Morgan fingerprint density at radius 2 is 1.77 bits per heavy atom. The molecule has 5 nitrogen and oxygen atoms in total. The Balaban J connectivity index is 0.00000441. The van der Waals surface area contributed by atoms with E-state index in [2.05, 4.69) is 29.1 Å². The van der Waals surface area contributed by atoms with Crippen LogP contribution in [0.3, 0.4) is 0 Å². The van der Waals surface area contributed by atoms with Crippen LogP contribution in [0, 0.1) is 5.92 Å². The van der Waals surface area contributed by atoms with Crippen LogP contribution in [0.5, 0.6) is 0 Å². The van der Waals surface area contributed by atoms with Gasteiger partial charge in [0.05, 0.1) is 13.2 Å². The summed E-state index contributed by atoms with van der Waals surface area (Å²) >= 11 is 0. The van der Waals surface area contributed by atoms with Crippen LogP contribution in [0.1, 0.15) is 46.5 Å². The highest BCUT2D eigenvalue weighted by Crippen LogP contribution is 2.17. The fourth-order valence-corrected chi connectivity index (χ4v) is 2.96. The molecule has 0 radical (unpaired) electrons. The van der Waals surface area contributed by atoms with E-state index in [1.54, 1.807) is 7.11 Å². The maximum absolute atomic E-state index is 5.98. The molecule has 0 aromatic heterocycles. The van der Waals surface area contributed by atoms with Crippen molar-refractivity contribution in [2.45, 2.75) is 58.5 Å². The molecular formula is C16H35IN4O. The quantitative estimate of drug-likeness (QED) is 0.373. The SMILES string of the molecule is COCC(C)NC(N)=NCC(C(C)C)N1CCCCCC1.I. The molecule has 2 unspecified atom stereocenters. The van der Waals surface area contributed by atoms with E-state index in [1.165, 1.54) is 38.8 Å². The van der Waals surface area contributed by atoms with Crippen LogP contribution in [0.15, 0.2) is 4.99 Å². The summed E-state index contributed by atoms with van der Waals surface area (Å²) in [5.74, 6) is 1.12. The minimum Gasteiger partial charge on any atom is -0.383 e. The Labute approximate surface area is 153 Å². The Morgan fingerprint density at radius 1 is 1.18 bits per heavy atom. The third-order valence-corrected chi connectivity index (χ3v) is 4.14. The van der Waals surface area contributed by atoms with E-state index in [0.717, 1.165) is 6.54 Å². The predicted octanol–water partition coefficient (Wildman–Crippen LogP) is 2.44. The van der Waals surface area contributed by atoms with E-state index in [4.69, 9.17) is 10.5 Å². The zero-order valence-corrected chi connectivity index (χ0v) is 17.0. The summed E-state index contributed by atoms with van der Waals surface area (Å²) in [6.07, 6.45) is 5.35. The third-order valence-electron chi connectivity index (χ3n) is 4.14. The molecule has 0 amide bonds. The molecule has 2 atom stereocenters. The summed E-state index contributed by atoms with van der Waals surface area (Å²) in [4.78, 5) is 7.16. The van der Waals surface area contributed by atoms with Gasteiger partial charge in [-0.3, -0.25) is 9.89 Å².